The van der Waals surface area contributed by atoms with Crippen molar-refractivity contribution in [1.29, 1.82) is 0 Å². The summed E-state index contributed by atoms with van der Waals surface area (Å²) in [5.74, 6) is 1.35. The van der Waals surface area contributed by atoms with Gasteiger partial charge in [-0.1, -0.05) is 31.4 Å². The van der Waals surface area contributed by atoms with Gasteiger partial charge in [0.15, 0.2) is 6.61 Å². The molecular weight excluding hydrogens is 340 g/mol. The summed E-state index contributed by atoms with van der Waals surface area (Å²) in [5.41, 5.74) is 1.72. The number of carbonyl (C=O) groups is 1. The quantitative estimate of drug-likeness (QED) is 0.744. The average molecular weight is 366 g/mol. The smallest absolute Gasteiger partial charge is 0.258 e. The Labute approximate surface area is 160 Å². The maximum atomic E-state index is 12.0. The number of nitrogens with zero attached hydrogens (tertiary/aromatic N) is 1. The monoisotopic (exact) mass is 366 g/mol. The molecule has 0 aliphatic heterocycles. The zero-order valence-electron chi connectivity index (χ0n) is 15.7. The van der Waals surface area contributed by atoms with E-state index in [0.29, 0.717) is 11.8 Å². The Morgan fingerprint density at radius 3 is 2.59 bits per heavy atom. The first kappa shape index (κ1) is 19.0. The summed E-state index contributed by atoms with van der Waals surface area (Å²) in [6.07, 6.45) is 7.60. The van der Waals surface area contributed by atoms with E-state index >= 15 is 0 Å². The molecular formula is C22H26N2O3. The molecule has 0 spiro atoms. The first-order valence-electron chi connectivity index (χ1n) is 9.44. The molecule has 27 heavy (non-hydrogen) atoms. The van der Waals surface area contributed by atoms with Gasteiger partial charge in [-0.3, -0.25) is 9.79 Å². The minimum atomic E-state index is -0.0521. The van der Waals surface area contributed by atoms with Gasteiger partial charge in [0.25, 0.3) is 5.91 Å². The van der Waals surface area contributed by atoms with Crippen LogP contribution in [0.4, 0.5) is 5.69 Å². The van der Waals surface area contributed by atoms with Crippen LogP contribution in [0, 0.1) is 0 Å². The third-order valence-corrected chi connectivity index (χ3v) is 4.66. The molecule has 1 amide bonds. The van der Waals surface area contributed by atoms with Crippen LogP contribution in [0.2, 0.25) is 0 Å². The fraction of sp³-hybridized carbons (Fsp3) is 0.364. The minimum Gasteiger partial charge on any atom is -0.494 e. The molecule has 0 bridgehead atoms. The number of hydrogen-bond donors (Lipinski definition) is 1. The Balaban J connectivity index is 1.49. The molecule has 2 aromatic rings. The second kappa shape index (κ2) is 9.76. The maximum Gasteiger partial charge on any atom is 0.258 e. The lowest BCUT2D eigenvalue weighted by Gasteiger charge is -2.22. The fourth-order valence-electron chi connectivity index (χ4n) is 3.20. The second-order valence-corrected chi connectivity index (χ2v) is 6.69. The Morgan fingerprint density at radius 2 is 1.85 bits per heavy atom. The van der Waals surface area contributed by atoms with Crippen molar-refractivity contribution in [3.63, 3.8) is 0 Å². The Kier molecular flexibility index (Phi) is 6.85. The molecule has 1 aliphatic rings. The van der Waals surface area contributed by atoms with Crippen LogP contribution in [0.3, 0.4) is 0 Å². The highest BCUT2D eigenvalue weighted by Gasteiger charge is 2.15. The molecule has 0 aromatic heterocycles. The molecule has 0 radical (unpaired) electrons. The highest BCUT2D eigenvalue weighted by Crippen LogP contribution is 2.26. The number of rotatable bonds is 7. The van der Waals surface area contributed by atoms with Crippen LogP contribution >= 0.6 is 0 Å². The lowest BCUT2D eigenvalue weighted by atomic mass is 9.95. The molecule has 0 unspecified atom stereocenters. The summed E-state index contributed by atoms with van der Waals surface area (Å²) in [6.45, 7) is 0.0468. The van der Waals surface area contributed by atoms with E-state index in [-0.39, 0.29) is 12.5 Å². The highest BCUT2D eigenvalue weighted by molar-refractivity contribution is 5.83. The van der Waals surface area contributed by atoms with Gasteiger partial charge in [0, 0.05) is 12.3 Å². The van der Waals surface area contributed by atoms with Crippen LogP contribution in [-0.2, 0) is 4.79 Å². The zero-order chi connectivity index (χ0) is 18.9. The number of carbonyl (C=O) groups excluding carboxylic acids is 1. The molecule has 3 rings (SSSR count). The molecule has 0 atom stereocenters. The lowest BCUT2D eigenvalue weighted by molar-refractivity contribution is -0.124. The maximum absolute atomic E-state index is 12.0. The summed E-state index contributed by atoms with van der Waals surface area (Å²) in [5, 5.41) is 3.05. The van der Waals surface area contributed by atoms with Gasteiger partial charge in [-0.05, 0) is 54.8 Å². The number of nitrogens with one attached hydrogen (secondary N) is 1. The van der Waals surface area contributed by atoms with Crippen molar-refractivity contribution in [2.45, 2.75) is 38.1 Å². The van der Waals surface area contributed by atoms with E-state index in [0.717, 1.165) is 29.8 Å². The molecule has 1 aliphatic carbocycles. The van der Waals surface area contributed by atoms with Gasteiger partial charge in [0.05, 0.1) is 7.11 Å². The lowest BCUT2D eigenvalue weighted by Crippen LogP contribution is -2.38. The predicted molar refractivity (Wildman–Crippen MR) is 107 cm³/mol. The van der Waals surface area contributed by atoms with Gasteiger partial charge in [-0.2, -0.15) is 0 Å². The Bertz CT molecular complexity index is 765. The number of ether oxygens (including phenoxy) is 2. The first-order valence-corrected chi connectivity index (χ1v) is 9.44. The SMILES string of the molecule is COc1ccccc1N=Cc1ccc(OCC(=O)NC2CCCCC2)cc1. The van der Waals surface area contributed by atoms with E-state index in [1.165, 1.54) is 19.3 Å². The summed E-state index contributed by atoms with van der Waals surface area (Å²) < 4.78 is 10.9. The van der Waals surface area contributed by atoms with Crippen molar-refractivity contribution in [3.8, 4) is 11.5 Å². The molecule has 0 heterocycles. The van der Waals surface area contributed by atoms with Gasteiger partial charge in [-0.15, -0.1) is 0 Å². The summed E-state index contributed by atoms with van der Waals surface area (Å²) in [7, 11) is 1.63. The van der Waals surface area contributed by atoms with Crippen molar-refractivity contribution >= 4 is 17.8 Å². The third-order valence-electron chi connectivity index (χ3n) is 4.66. The van der Waals surface area contributed by atoms with Gasteiger partial charge in [-0.25, -0.2) is 0 Å². The summed E-state index contributed by atoms with van der Waals surface area (Å²) in [4.78, 5) is 16.5. The molecule has 0 saturated heterocycles. The van der Waals surface area contributed by atoms with Crippen LogP contribution in [-0.4, -0.2) is 31.9 Å². The molecule has 142 valence electrons. The van der Waals surface area contributed by atoms with E-state index < -0.39 is 0 Å². The van der Waals surface area contributed by atoms with E-state index in [1.807, 2.05) is 48.5 Å². The molecule has 1 fully saturated rings. The number of benzene rings is 2. The highest BCUT2D eigenvalue weighted by atomic mass is 16.5. The third kappa shape index (κ3) is 5.84. The largest absolute Gasteiger partial charge is 0.494 e. The van der Waals surface area contributed by atoms with Crippen LogP contribution in [0.25, 0.3) is 0 Å². The van der Waals surface area contributed by atoms with E-state index in [2.05, 4.69) is 10.3 Å². The standard InChI is InChI=1S/C22H26N2O3/c1-26-21-10-6-5-9-20(21)23-15-17-11-13-19(14-12-17)27-16-22(25)24-18-7-3-2-4-8-18/h5-6,9-15,18H,2-4,7-8,16H2,1H3,(H,24,25). The van der Waals surface area contributed by atoms with Gasteiger partial charge in [0.2, 0.25) is 0 Å². The van der Waals surface area contributed by atoms with E-state index in [1.54, 1.807) is 13.3 Å². The zero-order valence-corrected chi connectivity index (χ0v) is 15.7. The predicted octanol–water partition coefficient (Wildman–Crippen LogP) is 4.27. The van der Waals surface area contributed by atoms with Gasteiger partial charge >= 0.3 is 0 Å². The summed E-state index contributed by atoms with van der Waals surface area (Å²) in [6, 6.07) is 15.4. The van der Waals surface area contributed by atoms with Crippen LogP contribution in [0.5, 0.6) is 11.5 Å². The molecule has 1 N–H and O–H groups in total. The van der Waals surface area contributed by atoms with Crippen molar-refractivity contribution in [1.82, 2.24) is 5.32 Å². The number of para-hydroxylation sites is 2. The van der Waals surface area contributed by atoms with Gasteiger partial charge < -0.3 is 14.8 Å². The van der Waals surface area contributed by atoms with Crippen LogP contribution in [0.1, 0.15) is 37.7 Å². The van der Waals surface area contributed by atoms with Crippen molar-refractivity contribution in [2.75, 3.05) is 13.7 Å². The average Bonchev–Trinajstić information content (AvgIpc) is 2.72. The Hall–Kier alpha value is -2.82. The number of amides is 1. The summed E-state index contributed by atoms with van der Waals surface area (Å²) >= 11 is 0. The number of aliphatic imine (C=N–C) groups is 1. The Morgan fingerprint density at radius 1 is 1.11 bits per heavy atom. The topological polar surface area (TPSA) is 59.9 Å². The normalized spacial score (nSPS) is 14.9. The van der Waals surface area contributed by atoms with Gasteiger partial charge in [0.1, 0.15) is 17.2 Å². The number of methoxy groups -OCH3 is 1. The molecule has 2 aromatic carbocycles. The second-order valence-electron chi connectivity index (χ2n) is 6.69. The van der Waals surface area contributed by atoms with E-state index in [4.69, 9.17) is 9.47 Å². The van der Waals surface area contributed by atoms with Crippen molar-refractivity contribution in [2.24, 2.45) is 4.99 Å². The van der Waals surface area contributed by atoms with Crippen LogP contribution in [0.15, 0.2) is 53.5 Å². The van der Waals surface area contributed by atoms with Crippen molar-refractivity contribution < 1.29 is 14.3 Å². The number of hydrogen-bond acceptors (Lipinski definition) is 4. The first-order chi connectivity index (χ1) is 13.2. The van der Waals surface area contributed by atoms with Crippen molar-refractivity contribution in [3.05, 3.63) is 54.1 Å². The molecule has 1 saturated carbocycles. The van der Waals surface area contributed by atoms with Crippen LogP contribution < -0.4 is 14.8 Å². The molecule has 5 nitrogen and oxygen atoms in total. The van der Waals surface area contributed by atoms with E-state index in [9.17, 15) is 4.79 Å². The molecule has 5 heteroatoms. The fourth-order valence-corrected chi connectivity index (χ4v) is 3.20. The minimum absolute atomic E-state index is 0.0468.